The zero-order valence-corrected chi connectivity index (χ0v) is 14.8. The van der Waals surface area contributed by atoms with Gasteiger partial charge in [-0.05, 0) is 56.1 Å². The summed E-state index contributed by atoms with van der Waals surface area (Å²) < 4.78 is 5.77. The smallest absolute Gasteiger partial charge is 0.238 e. The third-order valence-electron chi connectivity index (χ3n) is 4.67. The number of nitrogens with one attached hydrogen (secondary N) is 1. The van der Waals surface area contributed by atoms with Crippen LogP contribution in [0.25, 0.3) is 0 Å². The number of nitrogens with zero attached hydrogens (tertiary/aromatic N) is 1. The van der Waals surface area contributed by atoms with Crippen LogP contribution in [0.1, 0.15) is 31.7 Å². The number of rotatable bonds is 6. The number of hydrogen-bond acceptors (Lipinski definition) is 3. The molecule has 1 amide bonds. The fraction of sp³-hybridized carbons (Fsp3) is 0.381. The van der Waals surface area contributed by atoms with Crippen LogP contribution in [0, 0.1) is 0 Å². The molecule has 1 fully saturated rings. The minimum absolute atomic E-state index is 0.0479. The van der Waals surface area contributed by atoms with E-state index in [1.54, 1.807) is 0 Å². The minimum atomic E-state index is 0.0479. The fourth-order valence-corrected chi connectivity index (χ4v) is 3.15. The fourth-order valence-electron chi connectivity index (χ4n) is 3.15. The van der Waals surface area contributed by atoms with Crippen LogP contribution in [-0.2, 0) is 11.4 Å². The highest BCUT2D eigenvalue weighted by atomic mass is 16.5. The Labute approximate surface area is 149 Å². The van der Waals surface area contributed by atoms with Crippen LogP contribution in [0.15, 0.2) is 54.6 Å². The summed E-state index contributed by atoms with van der Waals surface area (Å²) in [6.45, 7) is 4.22. The first-order valence-electron chi connectivity index (χ1n) is 9.01. The number of carbonyl (C=O) groups excluding carboxylic acids is 1. The van der Waals surface area contributed by atoms with Crippen molar-refractivity contribution >= 4 is 11.6 Å². The van der Waals surface area contributed by atoms with Crippen molar-refractivity contribution in [1.29, 1.82) is 0 Å². The van der Waals surface area contributed by atoms with Crippen LogP contribution < -0.4 is 10.1 Å². The van der Waals surface area contributed by atoms with Crippen LogP contribution in [0.5, 0.6) is 5.75 Å². The van der Waals surface area contributed by atoms with Gasteiger partial charge in [0.25, 0.3) is 0 Å². The molecule has 1 aliphatic heterocycles. The van der Waals surface area contributed by atoms with Crippen molar-refractivity contribution in [3.05, 3.63) is 60.2 Å². The summed E-state index contributed by atoms with van der Waals surface area (Å²) in [6.07, 6.45) is 3.63. The first kappa shape index (κ1) is 17.5. The molecule has 0 saturated carbocycles. The van der Waals surface area contributed by atoms with Gasteiger partial charge in [-0.3, -0.25) is 9.69 Å². The number of carbonyl (C=O) groups is 1. The van der Waals surface area contributed by atoms with Gasteiger partial charge in [0, 0.05) is 11.7 Å². The van der Waals surface area contributed by atoms with Crippen molar-refractivity contribution in [1.82, 2.24) is 4.90 Å². The molecular formula is C21H26N2O2. The van der Waals surface area contributed by atoms with Gasteiger partial charge in [-0.25, -0.2) is 0 Å². The number of likely N-dealkylation sites (tertiary alicyclic amines) is 1. The van der Waals surface area contributed by atoms with Crippen LogP contribution in [0.2, 0.25) is 0 Å². The summed E-state index contributed by atoms with van der Waals surface area (Å²) >= 11 is 0. The van der Waals surface area contributed by atoms with Crippen molar-refractivity contribution in [2.45, 2.75) is 38.8 Å². The average Bonchev–Trinajstić information content (AvgIpc) is 2.64. The molecule has 132 valence electrons. The lowest BCUT2D eigenvalue weighted by Gasteiger charge is -2.32. The molecule has 1 heterocycles. The standard InChI is InChI=1S/C21H26N2O2/c1-17-7-5-6-14-23(17)15-21(24)22-19-10-12-20(13-11-19)25-16-18-8-3-2-4-9-18/h2-4,8-13,17H,5-7,14-16H2,1H3,(H,22,24)/t17-/m0/s1. The molecule has 4 nitrogen and oxygen atoms in total. The monoisotopic (exact) mass is 338 g/mol. The number of hydrogen-bond donors (Lipinski definition) is 1. The zero-order chi connectivity index (χ0) is 17.5. The Kier molecular flexibility index (Phi) is 6.07. The lowest BCUT2D eigenvalue weighted by Crippen LogP contribution is -2.42. The van der Waals surface area contributed by atoms with Crippen molar-refractivity contribution in [2.75, 3.05) is 18.4 Å². The van der Waals surface area contributed by atoms with E-state index in [0.29, 0.717) is 19.2 Å². The second-order valence-corrected chi connectivity index (χ2v) is 6.66. The quantitative estimate of drug-likeness (QED) is 0.863. The third kappa shape index (κ3) is 5.33. The van der Waals surface area contributed by atoms with E-state index < -0.39 is 0 Å². The van der Waals surface area contributed by atoms with E-state index in [9.17, 15) is 4.79 Å². The first-order valence-corrected chi connectivity index (χ1v) is 9.01. The summed E-state index contributed by atoms with van der Waals surface area (Å²) in [5.41, 5.74) is 1.94. The van der Waals surface area contributed by atoms with Crippen LogP contribution in [0.4, 0.5) is 5.69 Å². The van der Waals surface area contributed by atoms with Crippen molar-refractivity contribution in [2.24, 2.45) is 0 Å². The Balaban J connectivity index is 1.47. The van der Waals surface area contributed by atoms with Gasteiger partial charge in [-0.1, -0.05) is 36.8 Å². The first-order chi connectivity index (χ1) is 12.2. The molecule has 2 aromatic carbocycles. The number of piperidine rings is 1. The van der Waals surface area contributed by atoms with Crippen molar-refractivity contribution in [3.8, 4) is 5.75 Å². The Bertz CT molecular complexity index is 670. The van der Waals surface area contributed by atoms with E-state index in [1.807, 2.05) is 54.6 Å². The highest BCUT2D eigenvalue weighted by molar-refractivity contribution is 5.92. The molecule has 2 aromatic rings. The molecule has 4 heteroatoms. The molecule has 1 atom stereocenters. The van der Waals surface area contributed by atoms with Gasteiger partial charge in [0.15, 0.2) is 0 Å². The minimum Gasteiger partial charge on any atom is -0.489 e. The molecule has 0 aliphatic carbocycles. The molecule has 1 N–H and O–H groups in total. The predicted molar refractivity (Wildman–Crippen MR) is 101 cm³/mol. The van der Waals surface area contributed by atoms with Crippen LogP contribution in [0.3, 0.4) is 0 Å². The maximum Gasteiger partial charge on any atom is 0.238 e. The average molecular weight is 338 g/mol. The van der Waals surface area contributed by atoms with E-state index in [4.69, 9.17) is 4.74 Å². The van der Waals surface area contributed by atoms with Crippen molar-refractivity contribution in [3.63, 3.8) is 0 Å². The van der Waals surface area contributed by atoms with Gasteiger partial charge in [-0.15, -0.1) is 0 Å². The summed E-state index contributed by atoms with van der Waals surface area (Å²) in [5, 5.41) is 2.97. The summed E-state index contributed by atoms with van der Waals surface area (Å²) in [5.74, 6) is 0.846. The molecule has 0 unspecified atom stereocenters. The van der Waals surface area contributed by atoms with Gasteiger partial charge < -0.3 is 10.1 Å². The summed E-state index contributed by atoms with van der Waals surface area (Å²) in [6, 6.07) is 18.1. The predicted octanol–water partition coefficient (Wildman–Crippen LogP) is 4.08. The summed E-state index contributed by atoms with van der Waals surface area (Å²) in [7, 11) is 0. The van der Waals surface area contributed by atoms with Gasteiger partial charge in [0.1, 0.15) is 12.4 Å². The Morgan fingerprint density at radius 1 is 1.12 bits per heavy atom. The lowest BCUT2D eigenvalue weighted by atomic mass is 10.0. The molecule has 0 aromatic heterocycles. The summed E-state index contributed by atoms with van der Waals surface area (Å²) in [4.78, 5) is 14.5. The SMILES string of the molecule is C[C@H]1CCCCN1CC(=O)Nc1ccc(OCc2ccccc2)cc1. The second kappa shape index (κ2) is 8.67. The molecule has 25 heavy (non-hydrogen) atoms. The van der Waals surface area contributed by atoms with Gasteiger partial charge in [0.05, 0.1) is 6.54 Å². The molecule has 0 spiro atoms. The van der Waals surface area contributed by atoms with E-state index >= 15 is 0 Å². The highest BCUT2D eigenvalue weighted by Crippen LogP contribution is 2.18. The van der Waals surface area contributed by atoms with Gasteiger partial charge in [0.2, 0.25) is 5.91 Å². The van der Waals surface area contributed by atoms with Crippen LogP contribution in [-0.4, -0.2) is 29.9 Å². The Morgan fingerprint density at radius 2 is 1.88 bits per heavy atom. The molecule has 0 bridgehead atoms. The van der Waals surface area contributed by atoms with E-state index in [2.05, 4.69) is 17.1 Å². The highest BCUT2D eigenvalue weighted by Gasteiger charge is 2.20. The second-order valence-electron chi connectivity index (χ2n) is 6.66. The number of ether oxygens (including phenoxy) is 1. The molecule has 1 aliphatic rings. The Morgan fingerprint density at radius 3 is 2.60 bits per heavy atom. The third-order valence-corrected chi connectivity index (χ3v) is 4.67. The number of benzene rings is 2. The van der Waals surface area contributed by atoms with E-state index in [-0.39, 0.29) is 5.91 Å². The number of amides is 1. The molecular weight excluding hydrogens is 312 g/mol. The van der Waals surface area contributed by atoms with Crippen molar-refractivity contribution < 1.29 is 9.53 Å². The van der Waals surface area contributed by atoms with E-state index in [0.717, 1.165) is 23.5 Å². The largest absolute Gasteiger partial charge is 0.489 e. The maximum absolute atomic E-state index is 12.2. The van der Waals surface area contributed by atoms with Gasteiger partial charge in [-0.2, -0.15) is 0 Å². The zero-order valence-electron chi connectivity index (χ0n) is 14.8. The molecule has 3 rings (SSSR count). The topological polar surface area (TPSA) is 41.6 Å². The van der Waals surface area contributed by atoms with Crippen LogP contribution >= 0.6 is 0 Å². The van der Waals surface area contributed by atoms with Gasteiger partial charge >= 0.3 is 0 Å². The number of anilines is 1. The molecule has 1 saturated heterocycles. The van der Waals surface area contributed by atoms with E-state index in [1.165, 1.54) is 19.3 Å². The normalized spacial score (nSPS) is 17.9. The maximum atomic E-state index is 12.2. The molecule has 0 radical (unpaired) electrons. The lowest BCUT2D eigenvalue weighted by molar-refractivity contribution is -0.118. The Hall–Kier alpha value is -2.33.